The molecule has 20 heavy (non-hydrogen) atoms. The van der Waals surface area contributed by atoms with E-state index in [1.807, 2.05) is 31.7 Å². The molecule has 1 aromatic carbocycles. The maximum Gasteiger partial charge on any atom is 0.123 e. The first-order chi connectivity index (χ1) is 9.44. The summed E-state index contributed by atoms with van der Waals surface area (Å²) in [7, 11) is 1.95. The zero-order chi connectivity index (χ0) is 14.8. The monoisotopic (exact) mass is 275 g/mol. The molecule has 0 aliphatic heterocycles. The molecule has 3 nitrogen and oxygen atoms in total. The first-order valence-corrected chi connectivity index (χ1v) is 6.89. The van der Waals surface area contributed by atoms with E-state index >= 15 is 0 Å². The fourth-order valence-corrected chi connectivity index (χ4v) is 2.33. The van der Waals surface area contributed by atoms with Gasteiger partial charge in [0.05, 0.1) is 23.8 Å². The molecule has 0 aliphatic rings. The number of aromatic nitrogens is 2. The molecule has 4 heteroatoms. The lowest BCUT2D eigenvalue weighted by atomic mass is 10.00. The lowest BCUT2D eigenvalue weighted by molar-refractivity contribution is 0.388. The van der Waals surface area contributed by atoms with Gasteiger partial charge < -0.3 is 9.88 Å². The Morgan fingerprint density at radius 3 is 2.55 bits per heavy atom. The third-order valence-electron chi connectivity index (χ3n) is 3.85. The highest BCUT2D eigenvalue weighted by Gasteiger charge is 2.24. The zero-order valence-electron chi connectivity index (χ0n) is 12.5. The molecule has 0 amide bonds. The maximum atomic E-state index is 12.9. The fraction of sp³-hybridized carbons (Fsp3) is 0.438. The molecule has 0 aliphatic carbocycles. The van der Waals surface area contributed by atoms with Crippen molar-refractivity contribution in [2.45, 2.75) is 38.8 Å². The van der Waals surface area contributed by atoms with Gasteiger partial charge in [0.25, 0.3) is 0 Å². The van der Waals surface area contributed by atoms with Gasteiger partial charge in [0.2, 0.25) is 0 Å². The Bertz CT molecular complexity index is 557. The predicted molar refractivity (Wildman–Crippen MR) is 79.1 cm³/mol. The molecule has 1 N–H and O–H groups in total. The van der Waals surface area contributed by atoms with E-state index in [4.69, 9.17) is 0 Å². The molecule has 2 rings (SSSR count). The molecular weight excluding hydrogens is 253 g/mol. The fourth-order valence-electron chi connectivity index (χ4n) is 2.33. The first-order valence-electron chi connectivity index (χ1n) is 6.89. The van der Waals surface area contributed by atoms with Gasteiger partial charge in [-0.25, -0.2) is 9.37 Å². The molecule has 108 valence electrons. The second-order valence-corrected chi connectivity index (χ2v) is 5.74. The van der Waals surface area contributed by atoms with Gasteiger partial charge in [-0.2, -0.15) is 0 Å². The van der Waals surface area contributed by atoms with Gasteiger partial charge >= 0.3 is 0 Å². The van der Waals surface area contributed by atoms with Crippen molar-refractivity contribution in [2.75, 3.05) is 7.05 Å². The van der Waals surface area contributed by atoms with E-state index in [9.17, 15) is 4.39 Å². The van der Waals surface area contributed by atoms with Crippen molar-refractivity contribution in [2.24, 2.45) is 0 Å². The van der Waals surface area contributed by atoms with Crippen LogP contribution in [0.3, 0.4) is 0 Å². The van der Waals surface area contributed by atoms with Crippen molar-refractivity contribution in [3.8, 4) is 0 Å². The summed E-state index contributed by atoms with van der Waals surface area (Å²) in [5, 5.41) is 3.30. The van der Waals surface area contributed by atoms with Crippen LogP contribution in [0.15, 0.2) is 36.8 Å². The number of halogens is 1. The topological polar surface area (TPSA) is 29.9 Å². The van der Waals surface area contributed by atoms with Crippen LogP contribution in [0.4, 0.5) is 4.39 Å². The summed E-state index contributed by atoms with van der Waals surface area (Å²) in [5.41, 5.74) is 2.14. The van der Waals surface area contributed by atoms with Crippen LogP contribution in [0, 0.1) is 5.82 Å². The average molecular weight is 275 g/mol. The highest BCUT2D eigenvalue weighted by atomic mass is 19.1. The van der Waals surface area contributed by atoms with Crippen molar-refractivity contribution in [3.63, 3.8) is 0 Å². The first kappa shape index (κ1) is 14.7. The Morgan fingerprint density at radius 1 is 1.30 bits per heavy atom. The van der Waals surface area contributed by atoms with Crippen LogP contribution in [-0.4, -0.2) is 16.6 Å². The molecule has 0 spiro atoms. The van der Waals surface area contributed by atoms with Crippen LogP contribution in [0.5, 0.6) is 0 Å². The molecule has 1 unspecified atom stereocenters. The molecular formula is C16H22FN3. The maximum absolute atomic E-state index is 12.9. The third kappa shape index (κ3) is 3.07. The number of hydrogen-bond acceptors (Lipinski definition) is 2. The Kier molecular flexibility index (Phi) is 4.23. The van der Waals surface area contributed by atoms with E-state index in [2.05, 4.69) is 35.6 Å². The number of rotatable bonds is 5. The number of nitrogens with zero attached hydrogens (tertiary/aromatic N) is 2. The summed E-state index contributed by atoms with van der Waals surface area (Å²) in [6.07, 6.45) is 4.61. The normalized spacial score (nSPS) is 13.4. The van der Waals surface area contributed by atoms with Crippen LogP contribution >= 0.6 is 0 Å². The molecule has 0 bridgehead atoms. The average Bonchev–Trinajstić information content (AvgIpc) is 2.91. The molecule has 1 aromatic heterocycles. The largest absolute Gasteiger partial charge is 0.330 e. The number of imidazole rings is 1. The van der Waals surface area contributed by atoms with Crippen LogP contribution < -0.4 is 5.32 Å². The third-order valence-corrected chi connectivity index (χ3v) is 3.85. The number of nitrogens with one attached hydrogen (secondary N) is 1. The molecule has 0 saturated carbocycles. The van der Waals surface area contributed by atoms with Crippen molar-refractivity contribution in [3.05, 3.63) is 53.9 Å². The minimum Gasteiger partial charge on any atom is -0.330 e. The van der Waals surface area contributed by atoms with Crippen molar-refractivity contribution >= 4 is 0 Å². The minimum absolute atomic E-state index is 0.131. The highest BCUT2D eigenvalue weighted by molar-refractivity contribution is 5.18. The zero-order valence-corrected chi connectivity index (χ0v) is 12.5. The Labute approximate surface area is 119 Å². The van der Waals surface area contributed by atoms with Gasteiger partial charge in [-0.15, -0.1) is 0 Å². The second-order valence-electron chi connectivity index (χ2n) is 5.74. The van der Waals surface area contributed by atoms with Crippen molar-refractivity contribution < 1.29 is 4.39 Å². The molecule has 1 atom stereocenters. The van der Waals surface area contributed by atoms with Crippen molar-refractivity contribution in [1.29, 1.82) is 0 Å². The second kappa shape index (κ2) is 5.75. The van der Waals surface area contributed by atoms with Crippen LogP contribution in [0.25, 0.3) is 0 Å². The quantitative estimate of drug-likeness (QED) is 0.907. The molecule has 0 fully saturated rings. The van der Waals surface area contributed by atoms with E-state index in [1.165, 1.54) is 12.1 Å². The lowest BCUT2D eigenvalue weighted by Gasteiger charge is -2.28. The van der Waals surface area contributed by atoms with Gasteiger partial charge in [0.1, 0.15) is 5.82 Å². The smallest absolute Gasteiger partial charge is 0.123 e. The molecule has 0 saturated heterocycles. The molecule has 1 heterocycles. The van der Waals surface area contributed by atoms with Gasteiger partial charge in [-0.05, 0) is 51.9 Å². The molecule has 2 aromatic rings. The van der Waals surface area contributed by atoms with E-state index in [0.29, 0.717) is 0 Å². The highest BCUT2D eigenvalue weighted by Crippen LogP contribution is 2.24. The SMILES string of the molecule is CNC(C)(C)c1cncn1C(C)Cc1ccc(F)cc1. The Balaban J connectivity index is 2.20. The van der Waals surface area contributed by atoms with E-state index in [1.54, 1.807) is 0 Å². The summed E-state index contributed by atoms with van der Waals surface area (Å²) in [5.74, 6) is -0.193. The van der Waals surface area contributed by atoms with Gasteiger partial charge in [0.15, 0.2) is 0 Å². The predicted octanol–water partition coefficient (Wildman–Crippen LogP) is 3.28. The summed E-state index contributed by atoms with van der Waals surface area (Å²) >= 11 is 0. The van der Waals surface area contributed by atoms with Crippen LogP contribution in [-0.2, 0) is 12.0 Å². The Morgan fingerprint density at radius 2 is 1.95 bits per heavy atom. The molecule has 0 radical (unpaired) electrons. The van der Waals surface area contributed by atoms with E-state index < -0.39 is 0 Å². The summed E-state index contributed by atoms with van der Waals surface area (Å²) < 4.78 is 15.1. The number of hydrogen-bond donors (Lipinski definition) is 1. The summed E-state index contributed by atoms with van der Waals surface area (Å²) in [6.45, 7) is 6.41. The lowest BCUT2D eigenvalue weighted by Crippen LogP contribution is -2.36. The summed E-state index contributed by atoms with van der Waals surface area (Å²) in [4.78, 5) is 4.28. The van der Waals surface area contributed by atoms with Crippen LogP contribution in [0.1, 0.15) is 38.1 Å². The van der Waals surface area contributed by atoms with Crippen LogP contribution in [0.2, 0.25) is 0 Å². The van der Waals surface area contributed by atoms with E-state index in [-0.39, 0.29) is 17.4 Å². The minimum atomic E-state index is -0.193. The standard InChI is InChI=1S/C16H22FN3/c1-12(9-13-5-7-14(17)8-6-13)20-11-19-10-15(20)16(2,3)18-4/h5-8,10-12,18H,9H2,1-4H3. The van der Waals surface area contributed by atoms with Gasteiger partial charge in [0, 0.05) is 6.04 Å². The van der Waals surface area contributed by atoms with Gasteiger partial charge in [-0.1, -0.05) is 12.1 Å². The van der Waals surface area contributed by atoms with Gasteiger partial charge in [-0.3, -0.25) is 0 Å². The number of benzene rings is 1. The van der Waals surface area contributed by atoms with Crippen molar-refractivity contribution in [1.82, 2.24) is 14.9 Å². The van der Waals surface area contributed by atoms with E-state index in [0.717, 1.165) is 17.7 Å². The summed E-state index contributed by atoms with van der Waals surface area (Å²) in [6, 6.07) is 6.96. The Hall–Kier alpha value is -1.68.